The van der Waals surface area contributed by atoms with Crippen LogP contribution in [-0.4, -0.2) is 32.8 Å². The van der Waals surface area contributed by atoms with E-state index < -0.39 is 0 Å². The fourth-order valence-electron chi connectivity index (χ4n) is 4.26. The summed E-state index contributed by atoms with van der Waals surface area (Å²) >= 11 is 1.32. The zero-order valence-electron chi connectivity index (χ0n) is 20.7. The van der Waals surface area contributed by atoms with E-state index in [4.69, 9.17) is 9.40 Å². The lowest BCUT2D eigenvalue weighted by Crippen LogP contribution is -2.15. The highest BCUT2D eigenvalue weighted by molar-refractivity contribution is 7.17. The average molecular weight is 534 g/mol. The maximum absolute atomic E-state index is 13.2. The quantitative estimate of drug-likeness (QED) is 0.210. The highest BCUT2D eigenvalue weighted by Crippen LogP contribution is 2.29. The number of aromatic nitrogens is 3. The van der Waals surface area contributed by atoms with Crippen LogP contribution in [0.25, 0.3) is 21.7 Å². The first kappa shape index (κ1) is 24.3. The molecule has 0 aliphatic carbocycles. The Morgan fingerprint density at radius 3 is 2.49 bits per heavy atom. The average Bonchev–Trinajstić information content (AvgIpc) is 3.74. The Hall–Kier alpha value is -5.02. The Balaban J connectivity index is 1.27. The number of Topliss-reactive ketones (excluding diaryl/α,β-unsaturated/α-hetero) is 1. The van der Waals surface area contributed by atoms with Crippen molar-refractivity contribution >= 4 is 45.7 Å². The van der Waals surface area contributed by atoms with Crippen LogP contribution in [0.15, 0.2) is 108 Å². The second-order valence-corrected chi connectivity index (χ2v) is 9.92. The van der Waals surface area contributed by atoms with E-state index >= 15 is 0 Å². The third kappa shape index (κ3) is 5.34. The number of carbonyl (C=O) groups excluding carboxylic acids is 2. The minimum absolute atomic E-state index is 0.00102. The van der Waals surface area contributed by atoms with Crippen LogP contribution in [-0.2, 0) is 6.54 Å². The maximum Gasteiger partial charge on any atom is 0.268 e. The number of ketones is 1. The molecule has 8 nitrogen and oxygen atoms in total. The topological polar surface area (TPSA) is 102 Å². The molecule has 3 heterocycles. The Kier molecular flexibility index (Phi) is 6.71. The number of hydrogen-bond acceptors (Lipinski definition) is 7. The summed E-state index contributed by atoms with van der Waals surface area (Å²) in [7, 11) is 0. The van der Waals surface area contributed by atoms with Gasteiger partial charge < -0.3 is 14.3 Å². The molecule has 0 atom stereocenters. The minimum Gasteiger partial charge on any atom is -0.443 e. The molecule has 2 N–H and O–H groups in total. The Morgan fingerprint density at radius 1 is 0.923 bits per heavy atom. The van der Waals surface area contributed by atoms with E-state index in [2.05, 4.69) is 15.6 Å². The van der Waals surface area contributed by atoms with Gasteiger partial charge in [0.2, 0.25) is 5.95 Å². The van der Waals surface area contributed by atoms with Gasteiger partial charge in [-0.05, 0) is 35.9 Å². The van der Waals surface area contributed by atoms with Crippen LogP contribution in [0.2, 0.25) is 0 Å². The normalized spacial score (nSPS) is 11.0. The van der Waals surface area contributed by atoms with E-state index in [1.54, 1.807) is 24.4 Å². The van der Waals surface area contributed by atoms with Crippen molar-refractivity contribution in [1.82, 2.24) is 14.5 Å². The van der Waals surface area contributed by atoms with Crippen LogP contribution < -0.4 is 10.6 Å². The first-order valence-corrected chi connectivity index (χ1v) is 13.1. The van der Waals surface area contributed by atoms with Gasteiger partial charge in [-0.2, -0.15) is 0 Å². The summed E-state index contributed by atoms with van der Waals surface area (Å²) in [5, 5.41) is 6.19. The predicted molar refractivity (Wildman–Crippen MR) is 152 cm³/mol. The number of amides is 1. The Morgan fingerprint density at radius 2 is 1.72 bits per heavy atom. The van der Waals surface area contributed by atoms with Gasteiger partial charge in [0.1, 0.15) is 0 Å². The van der Waals surface area contributed by atoms with E-state index in [1.165, 1.54) is 17.7 Å². The largest absolute Gasteiger partial charge is 0.443 e. The molecule has 0 aliphatic rings. The molecule has 0 fully saturated rings. The lowest BCUT2D eigenvalue weighted by molar-refractivity contribution is 0.100. The maximum atomic E-state index is 13.2. The van der Waals surface area contributed by atoms with Crippen molar-refractivity contribution in [2.24, 2.45) is 0 Å². The van der Waals surface area contributed by atoms with Crippen molar-refractivity contribution < 1.29 is 14.0 Å². The summed E-state index contributed by atoms with van der Waals surface area (Å²) in [6, 6.07) is 28.5. The second kappa shape index (κ2) is 10.8. The third-order valence-corrected chi connectivity index (χ3v) is 7.31. The number of benzene rings is 3. The highest BCUT2D eigenvalue weighted by atomic mass is 32.1. The molecule has 9 heteroatoms. The molecule has 6 rings (SSSR count). The lowest BCUT2D eigenvalue weighted by Gasteiger charge is -2.10. The number of oxazole rings is 1. The molecule has 0 radical (unpaired) electrons. The molecule has 0 saturated heterocycles. The molecule has 0 unspecified atom stereocenters. The zero-order valence-corrected chi connectivity index (χ0v) is 21.5. The summed E-state index contributed by atoms with van der Waals surface area (Å²) in [6.07, 6.45) is 2.98. The van der Waals surface area contributed by atoms with Crippen molar-refractivity contribution in [2.45, 2.75) is 6.54 Å². The summed E-state index contributed by atoms with van der Waals surface area (Å²) in [5.74, 6) is 0.785. The lowest BCUT2D eigenvalue weighted by atomic mass is 10.1. The first-order chi connectivity index (χ1) is 19.1. The van der Waals surface area contributed by atoms with E-state index in [0.717, 1.165) is 21.6 Å². The Labute approximate surface area is 228 Å². The van der Waals surface area contributed by atoms with Gasteiger partial charge in [0.15, 0.2) is 17.9 Å². The molecule has 0 spiro atoms. The number of carbonyl (C=O) groups is 2. The van der Waals surface area contributed by atoms with E-state index in [0.29, 0.717) is 34.2 Å². The van der Waals surface area contributed by atoms with Crippen molar-refractivity contribution in [3.63, 3.8) is 0 Å². The van der Waals surface area contributed by atoms with Gasteiger partial charge in [-0.25, -0.2) is 9.97 Å². The van der Waals surface area contributed by atoms with Crippen molar-refractivity contribution in [3.8, 4) is 10.6 Å². The summed E-state index contributed by atoms with van der Waals surface area (Å²) in [5.41, 5.74) is 4.06. The summed E-state index contributed by atoms with van der Waals surface area (Å²) < 4.78 is 7.33. The van der Waals surface area contributed by atoms with Crippen LogP contribution in [0, 0.1) is 0 Å². The van der Waals surface area contributed by atoms with Crippen molar-refractivity contribution in [2.75, 3.05) is 17.2 Å². The number of rotatable bonds is 9. The Bertz CT molecular complexity index is 1740. The van der Waals surface area contributed by atoms with Crippen LogP contribution in [0.5, 0.6) is 0 Å². The number of nitrogens with one attached hydrogen (secondary N) is 2. The molecular formula is C30H23N5O3S. The number of imidazole rings is 1. The van der Waals surface area contributed by atoms with Gasteiger partial charge in [0.05, 0.1) is 40.1 Å². The highest BCUT2D eigenvalue weighted by Gasteiger charge is 2.18. The van der Waals surface area contributed by atoms with Crippen molar-refractivity contribution in [1.29, 1.82) is 0 Å². The number of thiophene rings is 1. The number of hydrogen-bond donors (Lipinski definition) is 2. The third-order valence-electron chi connectivity index (χ3n) is 6.21. The van der Waals surface area contributed by atoms with Gasteiger partial charge in [-0.3, -0.25) is 14.9 Å². The molecule has 6 aromatic rings. The number of fused-ring (bicyclic) bond motifs is 1. The zero-order chi connectivity index (χ0) is 26.6. The molecule has 0 saturated carbocycles. The van der Waals surface area contributed by atoms with Crippen LogP contribution in [0.4, 0.5) is 11.6 Å². The molecule has 0 bridgehead atoms. The first-order valence-electron chi connectivity index (χ1n) is 12.3. The number of nitrogens with zero attached hydrogens (tertiary/aromatic N) is 3. The summed E-state index contributed by atoms with van der Waals surface area (Å²) in [4.78, 5) is 35.8. The molecule has 192 valence electrons. The summed E-state index contributed by atoms with van der Waals surface area (Å²) in [6.45, 7) is 0.690. The van der Waals surface area contributed by atoms with E-state index in [1.807, 2.05) is 77.4 Å². The second-order valence-electron chi connectivity index (χ2n) is 8.84. The SMILES string of the molecule is O=C(CNc1ccc2c(c1)nc(NC(=O)c1ccc(-c3cnco3)s1)n2Cc1ccccc1)c1ccccc1. The van der Waals surface area contributed by atoms with Gasteiger partial charge in [-0.1, -0.05) is 60.7 Å². The minimum atomic E-state index is -0.262. The van der Waals surface area contributed by atoms with Crippen LogP contribution >= 0.6 is 11.3 Å². The molecule has 39 heavy (non-hydrogen) atoms. The molecule has 1 amide bonds. The van der Waals surface area contributed by atoms with E-state index in [-0.39, 0.29) is 18.2 Å². The van der Waals surface area contributed by atoms with Gasteiger partial charge in [0.25, 0.3) is 5.91 Å². The standard InChI is InChI=1S/C30H23N5O3S/c36-25(21-9-5-2-6-10-21)16-32-22-11-12-24-23(15-22)33-30(35(24)18-20-7-3-1-4-8-20)34-29(37)28-14-13-27(39-28)26-17-31-19-38-26/h1-15,17,19,32H,16,18H2,(H,33,34,37). The van der Waals surface area contributed by atoms with Gasteiger partial charge in [0, 0.05) is 11.3 Å². The van der Waals surface area contributed by atoms with E-state index in [9.17, 15) is 9.59 Å². The predicted octanol–water partition coefficient (Wildman–Crippen LogP) is 6.35. The molecular weight excluding hydrogens is 510 g/mol. The fraction of sp³-hybridized carbons (Fsp3) is 0.0667. The van der Waals surface area contributed by atoms with Gasteiger partial charge >= 0.3 is 0 Å². The van der Waals surface area contributed by atoms with Crippen LogP contribution in [0.1, 0.15) is 25.6 Å². The van der Waals surface area contributed by atoms with Crippen molar-refractivity contribution in [3.05, 3.63) is 120 Å². The smallest absolute Gasteiger partial charge is 0.268 e. The van der Waals surface area contributed by atoms with Crippen LogP contribution in [0.3, 0.4) is 0 Å². The fourth-order valence-corrected chi connectivity index (χ4v) is 5.12. The monoisotopic (exact) mass is 533 g/mol. The number of anilines is 2. The van der Waals surface area contributed by atoms with Gasteiger partial charge in [-0.15, -0.1) is 11.3 Å². The molecule has 3 aromatic carbocycles. The molecule has 0 aliphatic heterocycles. The molecule has 3 aromatic heterocycles.